The first-order valence-electron chi connectivity index (χ1n) is 5.77. The molecule has 0 aliphatic heterocycles. The minimum Gasteiger partial charge on any atom is -0.292 e. The van der Waals surface area contributed by atoms with Gasteiger partial charge in [-0.1, -0.05) is 19.9 Å². The number of halogens is 2. The zero-order valence-electron chi connectivity index (χ0n) is 10.6. The van der Waals surface area contributed by atoms with Gasteiger partial charge in [0.25, 0.3) is 0 Å². The zero-order chi connectivity index (χ0) is 13.3. The van der Waals surface area contributed by atoms with Crippen molar-refractivity contribution in [2.45, 2.75) is 20.4 Å². The molecule has 0 radical (unpaired) electrons. The average molecular weight is 251 g/mol. The molecule has 18 heavy (non-hydrogen) atoms. The monoisotopic (exact) mass is 251 g/mol. The second-order valence-corrected chi connectivity index (χ2v) is 4.42. The summed E-state index contributed by atoms with van der Waals surface area (Å²) in [6.07, 6.45) is 1.36. The molecule has 0 N–H and O–H groups in total. The fourth-order valence-corrected chi connectivity index (χ4v) is 2.02. The summed E-state index contributed by atoms with van der Waals surface area (Å²) >= 11 is 0. The van der Waals surface area contributed by atoms with Crippen LogP contribution in [0.5, 0.6) is 0 Å². The summed E-state index contributed by atoms with van der Waals surface area (Å²) in [5.41, 5.74) is 2.48. The summed E-state index contributed by atoms with van der Waals surface area (Å²) in [7, 11) is 1.74. The number of aromatic nitrogens is 2. The molecule has 5 heteroatoms. The molecule has 0 spiro atoms. The molecule has 1 heterocycles. The van der Waals surface area contributed by atoms with Crippen LogP contribution in [-0.2, 0) is 0 Å². The summed E-state index contributed by atoms with van der Waals surface area (Å²) in [5, 5.41) is 4.51. The quantitative estimate of drug-likeness (QED) is 0.768. The summed E-state index contributed by atoms with van der Waals surface area (Å²) < 4.78 is 25.7. The van der Waals surface area contributed by atoms with Gasteiger partial charge in [0.15, 0.2) is 0 Å². The number of rotatable bonds is 3. The van der Waals surface area contributed by atoms with Gasteiger partial charge in [-0.3, -0.25) is 4.99 Å². The summed E-state index contributed by atoms with van der Waals surface area (Å²) in [4.78, 5) is 4.25. The zero-order valence-corrected chi connectivity index (χ0v) is 10.6. The van der Waals surface area contributed by atoms with E-state index >= 15 is 0 Å². The molecule has 0 fully saturated rings. The molecular formula is C13H15F2N3. The lowest BCUT2D eigenvalue weighted by Crippen LogP contribution is -2.08. The molecular weight excluding hydrogens is 236 g/mol. The standard InChI is InChI=1S/C13H15F2N3/c1-8(2)12(16-3)9-4-5-11-10(6-9)7-18(17-11)13(14)15/h4-8,13H,1-3H3. The van der Waals surface area contributed by atoms with Gasteiger partial charge in [0.1, 0.15) is 0 Å². The van der Waals surface area contributed by atoms with Crippen LogP contribution in [0.2, 0.25) is 0 Å². The molecule has 0 amide bonds. The minimum absolute atomic E-state index is 0.289. The lowest BCUT2D eigenvalue weighted by molar-refractivity contribution is 0.0574. The Hall–Kier alpha value is -1.78. The van der Waals surface area contributed by atoms with Crippen LogP contribution >= 0.6 is 0 Å². The Bertz CT molecular complexity index is 585. The predicted octanol–water partition coefficient (Wildman–Crippen LogP) is 3.51. The first kappa shape index (κ1) is 12.7. The van der Waals surface area contributed by atoms with Gasteiger partial charge in [-0.15, -0.1) is 0 Å². The van der Waals surface area contributed by atoms with Crippen LogP contribution in [0.1, 0.15) is 26.0 Å². The van der Waals surface area contributed by atoms with Crippen molar-refractivity contribution in [1.29, 1.82) is 0 Å². The van der Waals surface area contributed by atoms with E-state index in [9.17, 15) is 8.78 Å². The molecule has 0 aliphatic rings. The third-order valence-electron chi connectivity index (χ3n) is 2.81. The second-order valence-electron chi connectivity index (χ2n) is 4.42. The maximum Gasteiger partial charge on any atom is 0.333 e. The van der Waals surface area contributed by atoms with Crippen molar-refractivity contribution in [3.05, 3.63) is 30.0 Å². The molecule has 3 nitrogen and oxygen atoms in total. The molecule has 0 aliphatic carbocycles. The number of hydrogen-bond acceptors (Lipinski definition) is 2. The predicted molar refractivity (Wildman–Crippen MR) is 68.3 cm³/mol. The van der Waals surface area contributed by atoms with Crippen molar-refractivity contribution >= 4 is 16.6 Å². The van der Waals surface area contributed by atoms with Crippen molar-refractivity contribution in [3.8, 4) is 0 Å². The third kappa shape index (κ3) is 2.25. The number of benzene rings is 1. The van der Waals surface area contributed by atoms with Crippen molar-refractivity contribution in [2.24, 2.45) is 10.9 Å². The lowest BCUT2D eigenvalue weighted by atomic mass is 9.99. The first-order valence-corrected chi connectivity index (χ1v) is 5.77. The molecule has 0 saturated heterocycles. The van der Waals surface area contributed by atoms with Crippen LogP contribution < -0.4 is 0 Å². The van der Waals surface area contributed by atoms with E-state index in [0.29, 0.717) is 15.6 Å². The Balaban J connectivity index is 2.50. The third-order valence-corrected chi connectivity index (χ3v) is 2.81. The van der Waals surface area contributed by atoms with E-state index in [-0.39, 0.29) is 5.92 Å². The Morgan fingerprint density at radius 2 is 2.06 bits per heavy atom. The Kier molecular flexibility index (Phi) is 3.41. The Morgan fingerprint density at radius 3 is 2.61 bits per heavy atom. The molecule has 0 unspecified atom stereocenters. The van der Waals surface area contributed by atoms with Crippen LogP contribution in [0.25, 0.3) is 10.9 Å². The lowest BCUT2D eigenvalue weighted by Gasteiger charge is -2.09. The summed E-state index contributed by atoms with van der Waals surface area (Å²) in [5.74, 6) is 0.289. The normalized spacial score (nSPS) is 12.9. The Labute approximate surface area is 104 Å². The fourth-order valence-electron chi connectivity index (χ4n) is 2.02. The molecule has 2 rings (SSSR count). The molecule has 96 valence electrons. The number of hydrogen-bond donors (Lipinski definition) is 0. The summed E-state index contributed by atoms with van der Waals surface area (Å²) in [6, 6.07) is 5.47. The van der Waals surface area contributed by atoms with Gasteiger partial charge in [-0.05, 0) is 23.6 Å². The van der Waals surface area contributed by atoms with Crippen LogP contribution in [0.3, 0.4) is 0 Å². The van der Waals surface area contributed by atoms with Gasteiger partial charge in [-0.25, -0.2) is 4.68 Å². The van der Waals surface area contributed by atoms with E-state index in [2.05, 4.69) is 23.9 Å². The van der Waals surface area contributed by atoms with Gasteiger partial charge in [0.05, 0.1) is 5.52 Å². The highest BCUT2D eigenvalue weighted by molar-refractivity contribution is 6.04. The van der Waals surface area contributed by atoms with Crippen LogP contribution in [0.4, 0.5) is 8.78 Å². The van der Waals surface area contributed by atoms with Crippen LogP contribution in [0, 0.1) is 5.92 Å². The highest BCUT2D eigenvalue weighted by Gasteiger charge is 2.12. The topological polar surface area (TPSA) is 30.2 Å². The van der Waals surface area contributed by atoms with Crippen molar-refractivity contribution in [1.82, 2.24) is 9.78 Å². The molecule has 0 atom stereocenters. The van der Waals surface area contributed by atoms with Gasteiger partial charge in [0.2, 0.25) is 0 Å². The molecule has 0 bridgehead atoms. The van der Waals surface area contributed by atoms with Gasteiger partial charge in [-0.2, -0.15) is 13.9 Å². The average Bonchev–Trinajstić information content (AvgIpc) is 2.72. The maximum atomic E-state index is 12.5. The molecule has 0 saturated carbocycles. The minimum atomic E-state index is -2.61. The molecule has 1 aromatic heterocycles. The maximum absolute atomic E-state index is 12.5. The van der Waals surface area contributed by atoms with Gasteiger partial charge in [0, 0.05) is 24.3 Å². The van der Waals surface area contributed by atoms with Crippen molar-refractivity contribution in [2.75, 3.05) is 7.05 Å². The van der Waals surface area contributed by atoms with Crippen molar-refractivity contribution in [3.63, 3.8) is 0 Å². The number of nitrogens with zero attached hydrogens (tertiary/aromatic N) is 3. The molecule has 1 aromatic carbocycles. The number of alkyl halides is 2. The largest absolute Gasteiger partial charge is 0.333 e. The first-order chi connectivity index (χ1) is 8.52. The van der Waals surface area contributed by atoms with E-state index in [1.54, 1.807) is 13.1 Å². The fraction of sp³-hybridized carbons (Fsp3) is 0.385. The number of aliphatic imine (C=N–C) groups is 1. The van der Waals surface area contributed by atoms with E-state index in [0.717, 1.165) is 11.3 Å². The van der Waals surface area contributed by atoms with E-state index in [1.165, 1.54) is 6.20 Å². The highest BCUT2D eigenvalue weighted by atomic mass is 19.3. The Morgan fingerprint density at radius 1 is 1.33 bits per heavy atom. The van der Waals surface area contributed by atoms with E-state index in [1.807, 2.05) is 12.1 Å². The summed E-state index contributed by atoms with van der Waals surface area (Å²) in [6.45, 7) is 1.50. The van der Waals surface area contributed by atoms with E-state index in [4.69, 9.17) is 0 Å². The smallest absolute Gasteiger partial charge is 0.292 e. The van der Waals surface area contributed by atoms with Gasteiger partial charge >= 0.3 is 6.55 Å². The van der Waals surface area contributed by atoms with Crippen molar-refractivity contribution < 1.29 is 8.78 Å². The van der Waals surface area contributed by atoms with E-state index < -0.39 is 6.55 Å². The molecule has 2 aromatic rings. The van der Waals surface area contributed by atoms with Crippen LogP contribution in [-0.4, -0.2) is 22.5 Å². The number of fused-ring (bicyclic) bond motifs is 1. The van der Waals surface area contributed by atoms with Crippen LogP contribution in [0.15, 0.2) is 29.4 Å². The highest BCUT2D eigenvalue weighted by Crippen LogP contribution is 2.20. The SMILES string of the molecule is CN=C(c1ccc2nn(C(F)F)cc2c1)C(C)C. The van der Waals surface area contributed by atoms with Gasteiger partial charge < -0.3 is 0 Å². The second kappa shape index (κ2) is 4.84.